The summed E-state index contributed by atoms with van der Waals surface area (Å²) in [5.41, 5.74) is -1.56. The highest BCUT2D eigenvalue weighted by atomic mass is 16.6. The predicted octanol–water partition coefficient (Wildman–Crippen LogP) is 4.82. The van der Waals surface area contributed by atoms with Gasteiger partial charge in [-0.15, -0.1) is 0 Å². The van der Waals surface area contributed by atoms with Crippen LogP contribution in [0.15, 0.2) is 0 Å². The number of carbonyl (C=O) groups is 2. The van der Waals surface area contributed by atoms with Crippen LogP contribution in [0.5, 0.6) is 0 Å². The molecule has 6 nitrogen and oxygen atoms in total. The first kappa shape index (κ1) is 26.5. The Bertz CT molecular complexity index is 837. The number of rotatable bonds is 4. The molecular weight excluding hydrogens is 454 g/mol. The molecule has 6 heteroatoms. The molecule has 0 aromatic heterocycles. The fourth-order valence-corrected chi connectivity index (χ4v) is 10.5. The maximum absolute atomic E-state index is 13.4. The van der Waals surface area contributed by atoms with Crippen LogP contribution in [-0.4, -0.2) is 60.9 Å². The maximum atomic E-state index is 13.4. The molecule has 0 aromatic rings. The zero-order valence-corrected chi connectivity index (χ0v) is 23.2. The van der Waals surface area contributed by atoms with Crippen LogP contribution in [0, 0.1) is 46.8 Å². The highest BCUT2D eigenvalue weighted by Crippen LogP contribution is 2.69. The molecule has 5 aliphatic carbocycles. The predicted molar refractivity (Wildman–Crippen MR) is 138 cm³/mol. The van der Waals surface area contributed by atoms with Crippen LogP contribution in [0.1, 0.15) is 90.9 Å². The minimum absolute atomic E-state index is 0.131. The monoisotopic (exact) mass is 503 g/mol. The molecule has 1 N–H and O–H groups in total. The van der Waals surface area contributed by atoms with E-state index >= 15 is 0 Å². The number of aliphatic hydroxyl groups is 1. The van der Waals surface area contributed by atoms with Crippen molar-refractivity contribution in [3.8, 4) is 0 Å². The molecule has 0 amide bonds. The number of esters is 2. The van der Waals surface area contributed by atoms with Crippen LogP contribution in [0.4, 0.5) is 0 Å². The molecule has 0 heterocycles. The number of methoxy groups -OCH3 is 1. The lowest BCUT2D eigenvalue weighted by Crippen LogP contribution is -2.61. The van der Waals surface area contributed by atoms with Crippen LogP contribution in [0.3, 0.4) is 0 Å². The minimum atomic E-state index is -1.16. The van der Waals surface area contributed by atoms with E-state index < -0.39 is 11.0 Å². The summed E-state index contributed by atoms with van der Waals surface area (Å²) in [5.74, 6) is 3.41. The molecule has 5 fully saturated rings. The van der Waals surface area contributed by atoms with Crippen molar-refractivity contribution in [2.75, 3.05) is 21.2 Å². The summed E-state index contributed by atoms with van der Waals surface area (Å²) in [5, 5.41) is 10.5. The van der Waals surface area contributed by atoms with Gasteiger partial charge in [0.1, 0.15) is 0 Å². The van der Waals surface area contributed by atoms with E-state index in [0.29, 0.717) is 53.9 Å². The van der Waals surface area contributed by atoms with E-state index in [0.717, 1.165) is 32.1 Å². The second-order valence-electron chi connectivity index (χ2n) is 13.6. The number of hydrogen-bond donors (Lipinski definition) is 1. The van der Waals surface area contributed by atoms with E-state index in [9.17, 15) is 14.7 Å². The highest BCUT2D eigenvalue weighted by Gasteiger charge is 2.70. The van der Waals surface area contributed by atoms with E-state index in [1.54, 1.807) is 0 Å². The van der Waals surface area contributed by atoms with Gasteiger partial charge >= 0.3 is 11.9 Å². The summed E-state index contributed by atoms with van der Waals surface area (Å²) < 4.78 is 11.4. The maximum Gasteiger partial charge on any atom is 0.350 e. The van der Waals surface area contributed by atoms with Gasteiger partial charge in [0.25, 0.3) is 0 Å². The number of fused-ring (bicyclic) bond motifs is 5. The largest absolute Gasteiger partial charge is 0.466 e. The average molecular weight is 504 g/mol. The summed E-state index contributed by atoms with van der Waals surface area (Å²) in [6.45, 7) is 3.70. The number of ether oxygens (including phenoxy) is 2. The summed E-state index contributed by atoms with van der Waals surface area (Å²) in [4.78, 5) is 28.2. The Hall–Kier alpha value is -1.14. The van der Waals surface area contributed by atoms with Crippen molar-refractivity contribution in [1.29, 1.82) is 0 Å². The second kappa shape index (κ2) is 9.87. The minimum Gasteiger partial charge on any atom is -0.466 e. The SMILES string of the molecule is COC(=O)[C@@]1(OC(C)=O)CCC2C3CCC4CC(O)CCC4C3C(C3CCC(N(C)C)CC3)C[C@@]21C. The van der Waals surface area contributed by atoms with E-state index in [2.05, 4.69) is 25.9 Å². The fraction of sp³-hybridized carbons (Fsp3) is 0.933. The van der Waals surface area contributed by atoms with Gasteiger partial charge in [-0.3, -0.25) is 4.79 Å². The summed E-state index contributed by atoms with van der Waals surface area (Å²) in [6, 6.07) is 0.662. The Labute approximate surface area is 217 Å². The third-order valence-electron chi connectivity index (χ3n) is 12.0. The van der Waals surface area contributed by atoms with Crippen molar-refractivity contribution in [3.05, 3.63) is 0 Å². The van der Waals surface area contributed by atoms with E-state index in [1.807, 2.05) is 0 Å². The van der Waals surface area contributed by atoms with Crippen molar-refractivity contribution >= 4 is 11.9 Å². The van der Waals surface area contributed by atoms with Crippen molar-refractivity contribution < 1.29 is 24.2 Å². The topological polar surface area (TPSA) is 76.1 Å². The molecule has 0 aromatic carbocycles. The molecule has 0 aliphatic heterocycles. The standard InChI is InChI=1S/C30H49NO5/c1-18(32)36-30(28(34)35-5)15-14-26-24-12-8-20-16-22(33)11-13-23(20)27(24)25(17-29(26,30)2)19-6-9-21(10-7-19)31(3)4/h19-27,33H,6-17H2,1-5H3/t19?,20?,21?,22?,23?,24?,25?,26?,27?,29-,30-/m0/s1. The Morgan fingerprint density at radius 1 is 0.889 bits per heavy atom. The second-order valence-corrected chi connectivity index (χ2v) is 13.6. The van der Waals surface area contributed by atoms with Gasteiger partial charge in [0.05, 0.1) is 13.2 Å². The van der Waals surface area contributed by atoms with Gasteiger partial charge in [-0.05, 0) is 133 Å². The van der Waals surface area contributed by atoms with Crippen LogP contribution >= 0.6 is 0 Å². The Morgan fingerprint density at radius 2 is 1.56 bits per heavy atom. The molecule has 9 atom stereocenters. The van der Waals surface area contributed by atoms with Crippen LogP contribution in [0.25, 0.3) is 0 Å². The van der Waals surface area contributed by atoms with E-state index in [4.69, 9.17) is 9.47 Å². The summed E-state index contributed by atoms with van der Waals surface area (Å²) in [7, 11) is 5.85. The van der Waals surface area contributed by atoms with Crippen molar-refractivity contribution in [2.24, 2.45) is 46.8 Å². The van der Waals surface area contributed by atoms with E-state index in [1.165, 1.54) is 52.6 Å². The molecule has 5 aliphatic rings. The summed E-state index contributed by atoms with van der Waals surface area (Å²) in [6.07, 6.45) is 12.7. The van der Waals surface area contributed by atoms with Crippen LogP contribution in [-0.2, 0) is 19.1 Å². The van der Waals surface area contributed by atoms with Gasteiger partial charge in [0.2, 0.25) is 5.60 Å². The molecule has 0 radical (unpaired) electrons. The molecule has 204 valence electrons. The zero-order chi connectivity index (χ0) is 25.8. The van der Waals surface area contributed by atoms with Gasteiger partial charge in [-0.2, -0.15) is 0 Å². The molecule has 0 bridgehead atoms. The first-order chi connectivity index (χ1) is 17.1. The molecule has 36 heavy (non-hydrogen) atoms. The molecular formula is C30H49NO5. The van der Waals surface area contributed by atoms with Gasteiger partial charge in [-0.1, -0.05) is 6.92 Å². The van der Waals surface area contributed by atoms with Crippen LogP contribution < -0.4 is 0 Å². The fourth-order valence-electron chi connectivity index (χ4n) is 10.5. The number of aliphatic hydroxyl groups excluding tert-OH is 1. The average Bonchev–Trinajstić information content (AvgIpc) is 3.14. The Balaban J connectivity index is 1.52. The molecule has 7 unspecified atom stereocenters. The third kappa shape index (κ3) is 4.13. The lowest BCUT2D eigenvalue weighted by Gasteiger charge is -2.61. The normalized spacial score (nSPS) is 48.5. The van der Waals surface area contributed by atoms with Crippen molar-refractivity contribution in [3.63, 3.8) is 0 Å². The lowest BCUT2D eigenvalue weighted by molar-refractivity contribution is -0.210. The van der Waals surface area contributed by atoms with Gasteiger partial charge in [-0.25, -0.2) is 4.79 Å². The van der Waals surface area contributed by atoms with Crippen LogP contribution in [0.2, 0.25) is 0 Å². The Morgan fingerprint density at radius 3 is 2.19 bits per heavy atom. The van der Waals surface area contributed by atoms with E-state index in [-0.39, 0.29) is 18.0 Å². The van der Waals surface area contributed by atoms with Gasteiger partial charge < -0.3 is 19.5 Å². The number of nitrogens with zero attached hydrogens (tertiary/aromatic N) is 1. The Kier molecular flexibility index (Phi) is 7.26. The zero-order valence-electron chi connectivity index (χ0n) is 23.2. The van der Waals surface area contributed by atoms with Gasteiger partial charge in [0, 0.05) is 18.4 Å². The summed E-state index contributed by atoms with van der Waals surface area (Å²) >= 11 is 0. The third-order valence-corrected chi connectivity index (χ3v) is 12.0. The number of hydrogen-bond acceptors (Lipinski definition) is 6. The van der Waals surface area contributed by atoms with Gasteiger partial charge in [0.15, 0.2) is 0 Å². The van der Waals surface area contributed by atoms with Crippen molar-refractivity contribution in [2.45, 2.75) is 109 Å². The molecule has 5 rings (SSSR count). The first-order valence-corrected chi connectivity index (χ1v) is 14.7. The molecule has 5 saturated carbocycles. The number of carbonyl (C=O) groups excluding carboxylic acids is 2. The first-order valence-electron chi connectivity index (χ1n) is 14.7. The quantitative estimate of drug-likeness (QED) is 0.554. The molecule has 0 spiro atoms. The lowest BCUT2D eigenvalue weighted by atomic mass is 9.44. The smallest absolute Gasteiger partial charge is 0.350 e. The van der Waals surface area contributed by atoms with Crippen molar-refractivity contribution in [1.82, 2.24) is 4.90 Å². The highest BCUT2D eigenvalue weighted by molar-refractivity contribution is 5.84. The molecule has 0 saturated heterocycles.